The van der Waals surface area contributed by atoms with Crippen LogP contribution in [0.25, 0.3) is 11.1 Å². The maximum absolute atomic E-state index is 5.72. The van der Waals surface area contributed by atoms with E-state index in [-0.39, 0.29) is 0 Å². The van der Waals surface area contributed by atoms with Crippen LogP contribution < -0.4 is 4.74 Å². The summed E-state index contributed by atoms with van der Waals surface area (Å²) in [6, 6.07) is 29.6. The van der Waals surface area contributed by atoms with Crippen LogP contribution in [0, 0.1) is 0 Å². The Balaban J connectivity index is 2.06. The zero-order chi connectivity index (χ0) is 17.5. The van der Waals surface area contributed by atoms with Crippen molar-refractivity contribution in [2.24, 2.45) is 0 Å². The molecule has 1 heteroatoms. The first-order chi connectivity index (χ1) is 12.3. The summed E-state index contributed by atoms with van der Waals surface area (Å²) in [6.45, 7) is 5.07. The van der Waals surface area contributed by atoms with Crippen LogP contribution in [0.3, 0.4) is 0 Å². The highest BCUT2D eigenvalue weighted by atomic mass is 16.5. The van der Waals surface area contributed by atoms with Crippen molar-refractivity contribution >= 4 is 11.1 Å². The van der Waals surface area contributed by atoms with Gasteiger partial charge in [-0.1, -0.05) is 79.7 Å². The molecule has 0 aromatic heterocycles. The average Bonchev–Trinajstić information content (AvgIpc) is 2.69. The Labute approximate surface area is 150 Å². The van der Waals surface area contributed by atoms with Crippen molar-refractivity contribution in [3.8, 4) is 5.75 Å². The van der Waals surface area contributed by atoms with Crippen molar-refractivity contribution in [1.29, 1.82) is 0 Å². The van der Waals surface area contributed by atoms with Crippen LogP contribution in [0.2, 0.25) is 0 Å². The maximum Gasteiger partial charge on any atom is 0.119 e. The third-order valence-corrected chi connectivity index (χ3v) is 4.26. The molecule has 0 aliphatic carbocycles. The summed E-state index contributed by atoms with van der Waals surface area (Å²) in [7, 11) is 0. The van der Waals surface area contributed by atoms with Crippen molar-refractivity contribution in [2.45, 2.75) is 20.3 Å². The fourth-order valence-corrected chi connectivity index (χ4v) is 2.97. The van der Waals surface area contributed by atoms with Crippen molar-refractivity contribution in [3.63, 3.8) is 0 Å². The molecule has 3 rings (SSSR count). The topological polar surface area (TPSA) is 9.23 Å². The van der Waals surface area contributed by atoms with E-state index in [9.17, 15) is 0 Å². The van der Waals surface area contributed by atoms with Gasteiger partial charge < -0.3 is 4.74 Å². The molecule has 1 nitrogen and oxygen atoms in total. The second-order valence-corrected chi connectivity index (χ2v) is 6.10. The molecule has 0 N–H and O–H groups in total. The lowest BCUT2D eigenvalue weighted by atomic mass is 9.90. The Morgan fingerprint density at radius 3 is 1.76 bits per heavy atom. The molecule has 3 aromatic carbocycles. The molecule has 0 radical (unpaired) electrons. The van der Waals surface area contributed by atoms with Gasteiger partial charge in [-0.25, -0.2) is 0 Å². The Bertz CT molecular complexity index is 815. The van der Waals surface area contributed by atoms with Gasteiger partial charge in [-0.05, 0) is 53.3 Å². The summed E-state index contributed by atoms with van der Waals surface area (Å²) in [4.78, 5) is 0. The lowest BCUT2D eigenvalue weighted by Crippen LogP contribution is -1.96. The molecule has 0 unspecified atom stereocenters. The molecule has 0 aliphatic heterocycles. The Hall–Kier alpha value is -2.80. The van der Waals surface area contributed by atoms with Gasteiger partial charge in [-0.15, -0.1) is 0 Å². The molecule has 0 saturated heterocycles. The Morgan fingerprint density at radius 1 is 0.680 bits per heavy atom. The van der Waals surface area contributed by atoms with Crippen LogP contribution in [-0.4, -0.2) is 6.61 Å². The van der Waals surface area contributed by atoms with Gasteiger partial charge in [-0.3, -0.25) is 0 Å². The molecule has 0 bridgehead atoms. The minimum Gasteiger partial charge on any atom is -0.494 e. The largest absolute Gasteiger partial charge is 0.494 e. The van der Waals surface area contributed by atoms with E-state index >= 15 is 0 Å². The van der Waals surface area contributed by atoms with Crippen molar-refractivity contribution in [2.75, 3.05) is 6.61 Å². The van der Waals surface area contributed by atoms with E-state index in [1.807, 2.05) is 0 Å². The van der Waals surface area contributed by atoms with Crippen LogP contribution in [0.5, 0.6) is 5.75 Å². The van der Waals surface area contributed by atoms with Crippen molar-refractivity contribution in [1.82, 2.24) is 0 Å². The molecule has 25 heavy (non-hydrogen) atoms. The van der Waals surface area contributed by atoms with Crippen LogP contribution in [-0.2, 0) is 0 Å². The summed E-state index contributed by atoms with van der Waals surface area (Å²) in [6.07, 6.45) is 1.02. The van der Waals surface area contributed by atoms with Crippen LogP contribution in [0.1, 0.15) is 37.0 Å². The lowest BCUT2D eigenvalue weighted by Gasteiger charge is -2.15. The maximum atomic E-state index is 5.72. The highest BCUT2D eigenvalue weighted by Crippen LogP contribution is 2.32. The summed E-state index contributed by atoms with van der Waals surface area (Å²) in [5, 5.41) is 0. The first-order valence-corrected chi connectivity index (χ1v) is 8.84. The van der Waals surface area contributed by atoms with E-state index < -0.39 is 0 Å². The van der Waals surface area contributed by atoms with E-state index in [1.165, 1.54) is 27.8 Å². The van der Waals surface area contributed by atoms with Crippen LogP contribution >= 0.6 is 0 Å². The zero-order valence-corrected chi connectivity index (χ0v) is 14.9. The number of hydrogen-bond acceptors (Lipinski definition) is 1. The summed E-state index contributed by atoms with van der Waals surface area (Å²) in [5.74, 6) is 0.926. The molecule has 0 aliphatic rings. The monoisotopic (exact) mass is 328 g/mol. The van der Waals surface area contributed by atoms with Gasteiger partial charge in [-0.2, -0.15) is 0 Å². The minimum atomic E-state index is 0.754. The van der Waals surface area contributed by atoms with E-state index in [0.717, 1.165) is 18.8 Å². The third-order valence-electron chi connectivity index (χ3n) is 4.26. The molecule has 126 valence electrons. The number of hydrogen-bond donors (Lipinski definition) is 0. The molecule has 0 heterocycles. The lowest BCUT2D eigenvalue weighted by molar-refractivity contribution is 0.317. The molecule has 0 spiro atoms. The van der Waals surface area contributed by atoms with Gasteiger partial charge in [0, 0.05) is 0 Å². The number of benzene rings is 3. The number of allylic oxidation sites excluding steroid dienone is 1. The van der Waals surface area contributed by atoms with Gasteiger partial charge >= 0.3 is 0 Å². The first-order valence-electron chi connectivity index (χ1n) is 8.84. The fraction of sp³-hybridized carbons (Fsp3) is 0.167. The second kappa shape index (κ2) is 8.34. The van der Waals surface area contributed by atoms with Crippen LogP contribution in [0.15, 0.2) is 84.9 Å². The van der Waals surface area contributed by atoms with E-state index in [1.54, 1.807) is 0 Å². The Kier molecular flexibility index (Phi) is 5.69. The molecule has 0 atom stereocenters. The first kappa shape index (κ1) is 17.0. The van der Waals surface area contributed by atoms with Gasteiger partial charge in [0.05, 0.1) is 6.61 Å². The molecule has 3 aromatic rings. The standard InChI is InChI=1S/C24H24O/c1-3-18-25-23-16-14-22(15-17-23)24(21-12-8-5-9-13-21)19(2)20-10-6-4-7-11-20/h4-17H,3,18H2,1-2H3/b24-19+. The van der Waals surface area contributed by atoms with Crippen molar-refractivity contribution in [3.05, 3.63) is 102 Å². The van der Waals surface area contributed by atoms with E-state index in [0.29, 0.717) is 0 Å². The van der Waals surface area contributed by atoms with Gasteiger partial charge in [0.1, 0.15) is 5.75 Å². The predicted molar refractivity (Wildman–Crippen MR) is 107 cm³/mol. The predicted octanol–water partition coefficient (Wildman–Crippen LogP) is 6.45. The van der Waals surface area contributed by atoms with E-state index in [2.05, 4.69) is 98.8 Å². The summed E-state index contributed by atoms with van der Waals surface area (Å²) >= 11 is 0. The highest BCUT2D eigenvalue weighted by Gasteiger charge is 2.10. The Morgan fingerprint density at radius 2 is 1.20 bits per heavy atom. The molecule has 0 saturated carbocycles. The van der Waals surface area contributed by atoms with Gasteiger partial charge in [0.25, 0.3) is 0 Å². The third kappa shape index (κ3) is 4.19. The second-order valence-electron chi connectivity index (χ2n) is 6.10. The minimum absolute atomic E-state index is 0.754. The quantitative estimate of drug-likeness (QED) is 0.472. The normalized spacial score (nSPS) is 11.8. The molecule has 0 fully saturated rings. The number of ether oxygens (including phenoxy) is 1. The molecular formula is C24H24O. The van der Waals surface area contributed by atoms with Crippen molar-refractivity contribution < 1.29 is 4.74 Å². The zero-order valence-electron chi connectivity index (χ0n) is 14.9. The summed E-state index contributed by atoms with van der Waals surface area (Å²) in [5.41, 5.74) is 6.21. The smallest absolute Gasteiger partial charge is 0.119 e. The van der Waals surface area contributed by atoms with Gasteiger partial charge in [0.2, 0.25) is 0 Å². The fourth-order valence-electron chi connectivity index (χ4n) is 2.97. The van der Waals surface area contributed by atoms with Gasteiger partial charge in [0.15, 0.2) is 0 Å². The van der Waals surface area contributed by atoms with Crippen LogP contribution in [0.4, 0.5) is 0 Å². The average molecular weight is 328 g/mol. The van der Waals surface area contributed by atoms with E-state index in [4.69, 9.17) is 4.74 Å². The SMILES string of the molecule is CCCOc1ccc(/C(=C(\C)c2ccccc2)c2ccccc2)cc1. The molecule has 0 amide bonds. The summed E-state index contributed by atoms with van der Waals surface area (Å²) < 4.78 is 5.72. The highest BCUT2D eigenvalue weighted by molar-refractivity contribution is 5.97. The number of rotatable bonds is 6. The molecular weight excluding hydrogens is 304 g/mol.